The monoisotopic (exact) mass is 304 g/mol. The molecule has 0 saturated heterocycles. The first-order valence-electron chi connectivity index (χ1n) is 6.83. The van der Waals surface area contributed by atoms with E-state index in [1.165, 1.54) is 0 Å². The van der Waals surface area contributed by atoms with Gasteiger partial charge in [-0.25, -0.2) is 0 Å². The Morgan fingerprint density at radius 3 is 2.71 bits per heavy atom. The fourth-order valence-corrected chi connectivity index (χ4v) is 2.90. The van der Waals surface area contributed by atoms with Gasteiger partial charge >= 0.3 is 0 Å². The Labute approximate surface area is 128 Å². The summed E-state index contributed by atoms with van der Waals surface area (Å²) >= 11 is 1.72. The summed E-state index contributed by atoms with van der Waals surface area (Å²) in [6, 6.07) is 9.21. The van der Waals surface area contributed by atoms with Gasteiger partial charge in [-0.15, -0.1) is 11.8 Å². The Morgan fingerprint density at radius 1 is 1.38 bits per heavy atom. The van der Waals surface area contributed by atoms with Gasteiger partial charge in [-0.05, 0) is 49.4 Å². The Bertz CT molecular complexity index is 607. The molecule has 0 bridgehead atoms. The van der Waals surface area contributed by atoms with E-state index in [9.17, 15) is 4.79 Å². The van der Waals surface area contributed by atoms with Crippen molar-refractivity contribution in [3.05, 3.63) is 36.0 Å². The number of aryl methyl sites for hydroxylation is 2. The molecule has 2 rings (SSSR count). The molecule has 1 aromatic carbocycles. The van der Waals surface area contributed by atoms with E-state index in [2.05, 4.69) is 16.5 Å². The maximum atomic E-state index is 11.8. The van der Waals surface area contributed by atoms with Crippen molar-refractivity contribution in [2.75, 3.05) is 16.8 Å². The van der Waals surface area contributed by atoms with Crippen molar-refractivity contribution < 1.29 is 4.79 Å². The minimum absolute atomic E-state index is 0.0292. The second-order valence-corrected chi connectivity index (χ2v) is 5.98. The van der Waals surface area contributed by atoms with Gasteiger partial charge in [-0.2, -0.15) is 5.10 Å². The van der Waals surface area contributed by atoms with E-state index in [4.69, 9.17) is 5.73 Å². The minimum Gasteiger partial charge on any atom is -0.399 e. The van der Waals surface area contributed by atoms with Crippen molar-refractivity contribution in [2.45, 2.75) is 24.8 Å². The fraction of sp³-hybridized carbons (Fsp3) is 0.333. The third-order valence-corrected chi connectivity index (χ3v) is 4.12. The van der Waals surface area contributed by atoms with Gasteiger partial charge in [0, 0.05) is 24.8 Å². The number of carbonyl (C=O) groups is 1. The van der Waals surface area contributed by atoms with Crippen LogP contribution in [0.15, 0.2) is 35.4 Å². The lowest BCUT2D eigenvalue weighted by molar-refractivity contribution is -0.116. The molecule has 21 heavy (non-hydrogen) atoms. The number of aromatic nitrogens is 2. The number of hydrogen-bond acceptors (Lipinski definition) is 4. The van der Waals surface area contributed by atoms with Crippen molar-refractivity contribution >= 4 is 29.0 Å². The van der Waals surface area contributed by atoms with Crippen LogP contribution in [-0.4, -0.2) is 21.4 Å². The van der Waals surface area contributed by atoms with Crippen LogP contribution in [0.25, 0.3) is 0 Å². The smallest absolute Gasteiger partial charge is 0.224 e. The number of nitrogen functional groups attached to an aromatic ring is 1. The summed E-state index contributed by atoms with van der Waals surface area (Å²) in [4.78, 5) is 11.8. The first-order chi connectivity index (χ1) is 10.0. The predicted molar refractivity (Wildman–Crippen MR) is 87.4 cm³/mol. The standard InChI is InChI=1S/C15H20N4OS/c1-11-10-15(19(2)18-11)21-9-3-4-14(20)17-13-7-5-12(16)6-8-13/h5-8,10H,3-4,9,16H2,1-2H3,(H,17,20). The van der Waals surface area contributed by atoms with Crippen molar-refractivity contribution in [3.63, 3.8) is 0 Å². The van der Waals surface area contributed by atoms with Gasteiger partial charge < -0.3 is 11.1 Å². The van der Waals surface area contributed by atoms with Crippen LogP contribution in [0.3, 0.4) is 0 Å². The van der Waals surface area contributed by atoms with E-state index in [0.29, 0.717) is 12.1 Å². The molecule has 1 heterocycles. The Morgan fingerprint density at radius 2 is 2.10 bits per heavy atom. The molecule has 5 nitrogen and oxygen atoms in total. The molecule has 6 heteroatoms. The SMILES string of the molecule is Cc1cc(SCCCC(=O)Nc2ccc(N)cc2)n(C)n1. The molecular weight excluding hydrogens is 284 g/mol. The molecule has 3 N–H and O–H groups in total. The fourth-order valence-electron chi connectivity index (χ4n) is 1.92. The summed E-state index contributed by atoms with van der Waals surface area (Å²) in [7, 11) is 1.93. The third-order valence-electron chi connectivity index (χ3n) is 2.95. The highest BCUT2D eigenvalue weighted by Gasteiger charge is 2.05. The molecule has 0 aliphatic carbocycles. The van der Waals surface area contributed by atoms with Gasteiger partial charge in [0.25, 0.3) is 0 Å². The molecule has 0 aliphatic rings. The van der Waals surface area contributed by atoms with Crippen molar-refractivity contribution in [2.24, 2.45) is 7.05 Å². The molecule has 0 atom stereocenters. The number of benzene rings is 1. The number of nitrogens with two attached hydrogens (primary N) is 1. The second-order valence-electron chi connectivity index (χ2n) is 4.87. The van der Waals surface area contributed by atoms with E-state index >= 15 is 0 Å². The second kappa shape index (κ2) is 7.17. The molecule has 0 fully saturated rings. The van der Waals surface area contributed by atoms with Crippen LogP contribution < -0.4 is 11.1 Å². The van der Waals surface area contributed by atoms with Crippen LogP contribution in [0.5, 0.6) is 0 Å². The Hall–Kier alpha value is -1.95. The van der Waals surface area contributed by atoms with E-state index in [0.717, 1.165) is 28.6 Å². The lowest BCUT2D eigenvalue weighted by atomic mass is 10.2. The Balaban J connectivity index is 1.70. The van der Waals surface area contributed by atoms with Crippen LogP contribution in [-0.2, 0) is 11.8 Å². The quantitative estimate of drug-likeness (QED) is 0.489. The molecular formula is C15H20N4OS. The number of rotatable bonds is 6. The maximum Gasteiger partial charge on any atom is 0.224 e. The molecule has 1 amide bonds. The lowest BCUT2D eigenvalue weighted by Crippen LogP contribution is -2.11. The van der Waals surface area contributed by atoms with E-state index in [-0.39, 0.29) is 5.91 Å². The van der Waals surface area contributed by atoms with Crippen molar-refractivity contribution in [3.8, 4) is 0 Å². The average Bonchev–Trinajstić information content (AvgIpc) is 2.76. The van der Waals surface area contributed by atoms with E-state index in [1.54, 1.807) is 36.0 Å². The van der Waals surface area contributed by atoms with Gasteiger partial charge in [-0.1, -0.05) is 0 Å². The molecule has 0 aliphatic heterocycles. The van der Waals surface area contributed by atoms with Crippen LogP contribution in [0.2, 0.25) is 0 Å². The number of nitrogens with zero attached hydrogens (tertiary/aromatic N) is 2. The summed E-state index contributed by atoms with van der Waals surface area (Å²) < 4.78 is 1.87. The topological polar surface area (TPSA) is 72.9 Å². The number of anilines is 2. The third kappa shape index (κ3) is 4.82. The zero-order valence-electron chi connectivity index (χ0n) is 12.3. The van der Waals surface area contributed by atoms with Crippen LogP contribution >= 0.6 is 11.8 Å². The number of hydrogen-bond donors (Lipinski definition) is 2. The molecule has 2 aromatic rings. The highest BCUT2D eigenvalue weighted by atomic mass is 32.2. The minimum atomic E-state index is 0.0292. The lowest BCUT2D eigenvalue weighted by Gasteiger charge is -2.05. The zero-order chi connectivity index (χ0) is 15.2. The summed E-state index contributed by atoms with van der Waals surface area (Å²) in [5.74, 6) is 0.926. The number of nitrogens with one attached hydrogen (secondary N) is 1. The summed E-state index contributed by atoms with van der Waals surface area (Å²) in [6.07, 6.45) is 1.34. The first kappa shape index (κ1) is 15.4. The molecule has 0 radical (unpaired) electrons. The molecule has 1 aromatic heterocycles. The number of amides is 1. The van der Waals surface area contributed by atoms with Gasteiger partial charge in [0.2, 0.25) is 5.91 Å². The highest BCUT2D eigenvalue weighted by Crippen LogP contribution is 2.19. The van der Waals surface area contributed by atoms with Gasteiger partial charge in [0.1, 0.15) is 0 Å². The van der Waals surface area contributed by atoms with Crippen LogP contribution in [0.1, 0.15) is 18.5 Å². The summed E-state index contributed by atoms with van der Waals surface area (Å²) in [5, 5.41) is 8.29. The normalized spacial score (nSPS) is 10.6. The molecule has 0 saturated carbocycles. The van der Waals surface area contributed by atoms with E-state index < -0.39 is 0 Å². The van der Waals surface area contributed by atoms with Crippen molar-refractivity contribution in [1.29, 1.82) is 0 Å². The zero-order valence-corrected chi connectivity index (χ0v) is 13.1. The van der Waals surface area contributed by atoms with Gasteiger partial charge in [0.15, 0.2) is 0 Å². The van der Waals surface area contributed by atoms with Crippen molar-refractivity contribution in [1.82, 2.24) is 9.78 Å². The van der Waals surface area contributed by atoms with Crippen LogP contribution in [0.4, 0.5) is 11.4 Å². The Kier molecular flexibility index (Phi) is 5.27. The predicted octanol–water partition coefficient (Wildman–Crippen LogP) is 2.82. The summed E-state index contributed by atoms with van der Waals surface area (Å²) in [5.41, 5.74) is 8.09. The maximum absolute atomic E-state index is 11.8. The van der Waals surface area contributed by atoms with Crippen LogP contribution in [0, 0.1) is 6.92 Å². The van der Waals surface area contributed by atoms with Gasteiger partial charge in [0.05, 0.1) is 10.7 Å². The number of thioether (sulfide) groups is 1. The molecule has 0 spiro atoms. The number of carbonyl (C=O) groups excluding carboxylic acids is 1. The van der Waals surface area contributed by atoms with Gasteiger partial charge in [-0.3, -0.25) is 9.48 Å². The largest absolute Gasteiger partial charge is 0.399 e. The molecule has 112 valence electrons. The van der Waals surface area contributed by atoms with E-state index in [1.807, 2.05) is 18.7 Å². The first-order valence-corrected chi connectivity index (χ1v) is 7.82. The average molecular weight is 304 g/mol. The highest BCUT2D eigenvalue weighted by molar-refractivity contribution is 7.99. The molecule has 0 unspecified atom stereocenters. The summed E-state index contributed by atoms with van der Waals surface area (Å²) in [6.45, 7) is 1.98.